The van der Waals surface area contributed by atoms with E-state index in [-0.39, 0.29) is 20.5 Å². The SMILES string of the molecule is C.C#CCC(OC(C)CO)n1ccc(=O)[nH]c1=O.CC. The molecule has 6 nitrogen and oxygen atoms in total. The maximum Gasteiger partial charge on any atom is 0.330 e. The molecule has 2 atom stereocenters. The highest BCUT2D eigenvalue weighted by molar-refractivity contribution is 4.90. The molecular formula is C14H24N2O4. The van der Waals surface area contributed by atoms with E-state index in [1.54, 1.807) is 6.92 Å². The second kappa shape index (κ2) is 11.0. The summed E-state index contributed by atoms with van der Waals surface area (Å²) in [7, 11) is 0. The molecule has 20 heavy (non-hydrogen) atoms. The predicted molar refractivity (Wildman–Crippen MR) is 79.5 cm³/mol. The second-order valence-electron chi connectivity index (χ2n) is 3.51. The van der Waals surface area contributed by atoms with E-state index in [9.17, 15) is 9.59 Å². The van der Waals surface area contributed by atoms with E-state index in [1.807, 2.05) is 13.8 Å². The van der Waals surface area contributed by atoms with Gasteiger partial charge in [-0.15, -0.1) is 12.3 Å². The van der Waals surface area contributed by atoms with Crippen LogP contribution < -0.4 is 11.2 Å². The van der Waals surface area contributed by atoms with Gasteiger partial charge in [-0.3, -0.25) is 14.3 Å². The summed E-state index contributed by atoms with van der Waals surface area (Å²) in [4.78, 5) is 24.5. The molecule has 0 spiro atoms. The van der Waals surface area contributed by atoms with Crippen LogP contribution in [0.5, 0.6) is 0 Å². The molecule has 1 aromatic rings. The molecule has 114 valence electrons. The Morgan fingerprint density at radius 1 is 1.50 bits per heavy atom. The van der Waals surface area contributed by atoms with Crippen LogP contribution in [0.4, 0.5) is 0 Å². The maximum atomic E-state index is 11.5. The van der Waals surface area contributed by atoms with Gasteiger partial charge in [-0.05, 0) is 6.92 Å². The lowest BCUT2D eigenvalue weighted by Crippen LogP contribution is -2.34. The molecule has 0 saturated heterocycles. The smallest absolute Gasteiger partial charge is 0.330 e. The molecule has 1 rings (SSSR count). The lowest BCUT2D eigenvalue weighted by atomic mass is 10.3. The van der Waals surface area contributed by atoms with Crippen molar-refractivity contribution in [3.8, 4) is 12.3 Å². The summed E-state index contributed by atoms with van der Waals surface area (Å²) in [5.41, 5.74) is -1.08. The molecule has 6 heteroatoms. The van der Waals surface area contributed by atoms with E-state index in [4.69, 9.17) is 16.3 Å². The number of H-pyrrole nitrogens is 1. The first kappa shape index (κ1) is 20.5. The third-order valence-electron chi connectivity index (χ3n) is 2.10. The van der Waals surface area contributed by atoms with Crippen molar-refractivity contribution in [1.29, 1.82) is 0 Å². The number of ether oxygens (including phenoxy) is 1. The number of rotatable bonds is 5. The molecule has 0 radical (unpaired) electrons. The molecule has 0 amide bonds. The fourth-order valence-corrected chi connectivity index (χ4v) is 1.28. The van der Waals surface area contributed by atoms with Crippen molar-refractivity contribution in [2.24, 2.45) is 0 Å². The normalized spacial score (nSPS) is 12.2. The number of hydrogen-bond donors (Lipinski definition) is 2. The zero-order valence-electron chi connectivity index (χ0n) is 11.4. The van der Waals surface area contributed by atoms with Crippen LogP contribution in [0, 0.1) is 12.3 Å². The lowest BCUT2D eigenvalue weighted by molar-refractivity contribution is -0.0652. The van der Waals surface area contributed by atoms with E-state index in [1.165, 1.54) is 16.8 Å². The monoisotopic (exact) mass is 284 g/mol. The first-order valence-electron chi connectivity index (χ1n) is 6.09. The highest BCUT2D eigenvalue weighted by Gasteiger charge is 2.15. The summed E-state index contributed by atoms with van der Waals surface area (Å²) in [5, 5.41) is 8.89. The average Bonchev–Trinajstić information content (AvgIpc) is 2.40. The lowest BCUT2D eigenvalue weighted by Gasteiger charge is -2.21. The Kier molecular flexibility index (Phi) is 11.3. The van der Waals surface area contributed by atoms with Crippen LogP contribution in [-0.4, -0.2) is 27.4 Å². The molecule has 0 aliphatic heterocycles. The van der Waals surface area contributed by atoms with Gasteiger partial charge in [-0.2, -0.15) is 0 Å². The Morgan fingerprint density at radius 2 is 2.10 bits per heavy atom. The molecule has 2 N–H and O–H groups in total. The quantitative estimate of drug-likeness (QED) is 0.794. The summed E-state index contributed by atoms with van der Waals surface area (Å²) in [6, 6.07) is 1.21. The van der Waals surface area contributed by atoms with Gasteiger partial charge in [0, 0.05) is 12.3 Å². The van der Waals surface area contributed by atoms with Gasteiger partial charge >= 0.3 is 5.69 Å². The van der Waals surface area contributed by atoms with Gasteiger partial charge in [-0.25, -0.2) is 4.79 Å². The van der Waals surface area contributed by atoms with Gasteiger partial charge in [0.15, 0.2) is 0 Å². The first-order valence-corrected chi connectivity index (χ1v) is 6.09. The number of aliphatic hydroxyl groups is 1. The molecule has 0 saturated carbocycles. The number of hydrogen-bond acceptors (Lipinski definition) is 4. The standard InChI is InChI=1S/C11H14N2O4.C2H6.CH4/c1-3-4-10(17-8(2)7-14)13-6-5-9(15)12-11(13)16;1-2;/h1,5-6,8,10,14H,4,7H2,2H3,(H,12,15,16);1-2H3;1H4. The Bertz CT molecular complexity index is 513. The number of terminal acetylenes is 1. The Morgan fingerprint density at radius 3 is 2.55 bits per heavy atom. The van der Waals surface area contributed by atoms with Crippen molar-refractivity contribution >= 4 is 0 Å². The average molecular weight is 284 g/mol. The number of aromatic amines is 1. The molecule has 2 unspecified atom stereocenters. The molecule has 0 aliphatic rings. The highest BCUT2D eigenvalue weighted by atomic mass is 16.5. The summed E-state index contributed by atoms with van der Waals surface area (Å²) in [6.45, 7) is 5.47. The molecule has 1 heterocycles. The minimum atomic E-state index is -0.702. The first-order chi connectivity index (χ1) is 9.08. The molecule has 0 fully saturated rings. The van der Waals surface area contributed by atoms with E-state index in [2.05, 4.69) is 10.9 Å². The van der Waals surface area contributed by atoms with Gasteiger partial charge in [-0.1, -0.05) is 21.3 Å². The van der Waals surface area contributed by atoms with Gasteiger partial charge in [0.1, 0.15) is 6.23 Å². The van der Waals surface area contributed by atoms with Crippen molar-refractivity contribution in [3.63, 3.8) is 0 Å². The largest absolute Gasteiger partial charge is 0.394 e. The number of nitrogens with one attached hydrogen (secondary N) is 1. The third kappa shape index (κ3) is 6.36. The number of aliphatic hydroxyl groups excluding tert-OH is 1. The molecule has 0 aliphatic carbocycles. The zero-order chi connectivity index (χ0) is 14.8. The molecule has 1 aromatic heterocycles. The topological polar surface area (TPSA) is 84.3 Å². The van der Waals surface area contributed by atoms with E-state index in [0.717, 1.165) is 0 Å². The van der Waals surface area contributed by atoms with Gasteiger partial charge < -0.3 is 9.84 Å². The number of nitrogens with zero attached hydrogens (tertiary/aromatic N) is 1. The van der Waals surface area contributed by atoms with Crippen molar-refractivity contribution in [1.82, 2.24) is 9.55 Å². The summed E-state index contributed by atoms with van der Waals surface area (Å²) >= 11 is 0. The van der Waals surface area contributed by atoms with Gasteiger partial charge in [0.05, 0.1) is 19.1 Å². The highest BCUT2D eigenvalue weighted by Crippen LogP contribution is 2.12. The van der Waals surface area contributed by atoms with Gasteiger partial charge in [0.2, 0.25) is 0 Å². The fraction of sp³-hybridized carbons (Fsp3) is 0.571. The van der Waals surface area contributed by atoms with E-state index in [0.29, 0.717) is 0 Å². The van der Waals surface area contributed by atoms with E-state index < -0.39 is 23.6 Å². The Labute approximate surface area is 119 Å². The Hall–Kier alpha value is -1.84. The van der Waals surface area contributed by atoms with Crippen molar-refractivity contribution in [2.45, 2.75) is 47.0 Å². The maximum absolute atomic E-state index is 11.5. The minimum absolute atomic E-state index is 0. The third-order valence-corrected chi connectivity index (χ3v) is 2.10. The fourth-order valence-electron chi connectivity index (χ4n) is 1.28. The van der Waals surface area contributed by atoms with Crippen LogP contribution in [0.3, 0.4) is 0 Å². The Balaban J connectivity index is 0. The summed E-state index contributed by atoms with van der Waals surface area (Å²) in [6.07, 6.45) is 5.51. The summed E-state index contributed by atoms with van der Waals surface area (Å²) in [5.74, 6) is 2.38. The van der Waals surface area contributed by atoms with E-state index >= 15 is 0 Å². The van der Waals surface area contributed by atoms with Crippen LogP contribution in [-0.2, 0) is 4.74 Å². The number of aromatic nitrogens is 2. The van der Waals surface area contributed by atoms with Crippen molar-refractivity contribution in [2.75, 3.05) is 6.61 Å². The predicted octanol–water partition coefficient (Wildman–Crippen LogP) is 1.12. The van der Waals surface area contributed by atoms with Crippen LogP contribution in [0.25, 0.3) is 0 Å². The van der Waals surface area contributed by atoms with Crippen molar-refractivity contribution in [3.05, 3.63) is 33.1 Å². The van der Waals surface area contributed by atoms with Gasteiger partial charge in [0.25, 0.3) is 5.56 Å². The molecular weight excluding hydrogens is 260 g/mol. The van der Waals surface area contributed by atoms with Crippen LogP contribution >= 0.6 is 0 Å². The molecule has 0 bridgehead atoms. The van der Waals surface area contributed by atoms with Crippen LogP contribution in [0.1, 0.15) is 40.8 Å². The zero-order valence-corrected chi connectivity index (χ0v) is 11.4. The van der Waals surface area contributed by atoms with Crippen LogP contribution in [0.15, 0.2) is 21.9 Å². The summed E-state index contributed by atoms with van der Waals surface area (Å²) < 4.78 is 6.58. The van der Waals surface area contributed by atoms with Crippen molar-refractivity contribution < 1.29 is 9.84 Å². The minimum Gasteiger partial charge on any atom is -0.394 e. The second-order valence-corrected chi connectivity index (χ2v) is 3.51. The molecule has 0 aromatic carbocycles. The van der Waals surface area contributed by atoms with Crippen LogP contribution in [0.2, 0.25) is 0 Å².